The van der Waals surface area contributed by atoms with Crippen molar-refractivity contribution in [3.8, 4) is 0 Å². The molecule has 1 aliphatic carbocycles. The van der Waals surface area contributed by atoms with Gasteiger partial charge in [0, 0.05) is 13.0 Å². The van der Waals surface area contributed by atoms with E-state index in [0.29, 0.717) is 13.0 Å². The number of carbonyl (C=O) groups is 1. The minimum absolute atomic E-state index is 0.155. The summed E-state index contributed by atoms with van der Waals surface area (Å²) in [4.78, 5) is 11.0. The van der Waals surface area contributed by atoms with Crippen molar-refractivity contribution in [3.63, 3.8) is 0 Å². The van der Waals surface area contributed by atoms with Crippen LogP contribution < -0.4 is 11.1 Å². The maximum absolute atomic E-state index is 11.0. The summed E-state index contributed by atoms with van der Waals surface area (Å²) in [6.07, 6.45) is 3.97. The fraction of sp³-hybridized carbons (Fsp3) is 0.875. The lowest BCUT2D eigenvalue weighted by Crippen LogP contribution is -2.25. The Hall–Kier alpha value is -0.570. The Kier molecular flexibility index (Phi) is 3.36. The molecule has 0 unspecified atom stereocenters. The minimum Gasteiger partial charge on any atom is -0.356 e. The molecular formula is C8H16N2O. The van der Waals surface area contributed by atoms with Crippen molar-refractivity contribution in [1.29, 1.82) is 0 Å². The summed E-state index contributed by atoms with van der Waals surface area (Å²) in [5, 5.41) is 2.88. The predicted octanol–water partition coefficient (Wildman–Crippen LogP) is 0.251. The van der Waals surface area contributed by atoms with Gasteiger partial charge >= 0.3 is 0 Å². The van der Waals surface area contributed by atoms with E-state index >= 15 is 0 Å². The van der Waals surface area contributed by atoms with Gasteiger partial charge in [0.1, 0.15) is 0 Å². The van der Waals surface area contributed by atoms with E-state index in [-0.39, 0.29) is 5.91 Å². The van der Waals surface area contributed by atoms with Crippen molar-refractivity contribution >= 4 is 5.91 Å². The average Bonchev–Trinajstić information content (AvgIpc) is 2.80. The molecule has 1 amide bonds. The zero-order valence-corrected chi connectivity index (χ0v) is 6.81. The molecule has 0 saturated heterocycles. The van der Waals surface area contributed by atoms with Crippen LogP contribution in [-0.4, -0.2) is 19.0 Å². The predicted molar refractivity (Wildman–Crippen MR) is 44.0 cm³/mol. The molecule has 3 heteroatoms. The highest BCUT2D eigenvalue weighted by Gasteiger charge is 2.21. The molecule has 3 N–H and O–H groups in total. The van der Waals surface area contributed by atoms with Crippen LogP contribution in [0, 0.1) is 5.92 Å². The lowest BCUT2D eigenvalue weighted by molar-refractivity contribution is -0.121. The summed E-state index contributed by atoms with van der Waals surface area (Å²) >= 11 is 0. The molecule has 1 saturated carbocycles. The number of amides is 1. The van der Waals surface area contributed by atoms with E-state index in [0.717, 1.165) is 18.9 Å². The molecule has 0 atom stereocenters. The van der Waals surface area contributed by atoms with Gasteiger partial charge in [-0.25, -0.2) is 0 Å². The van der Waals surface area contributed by atoms with Crippen molar-refractivity contribution in [2.45, 2.75) is 25.7 Å². The van der Waals surface area contributed by atoms with Gasteiger partial charge in [-0.15, -0.1) is 0 Å². The van der Waals surface area contributed by atoms with Crippen LogP contribution in [-0.2, 0) is 4.79 Å². The first-order valence-electron chi connectivity index (χ1n) is 4.29. The van der Waals surface area contributed by atoms with Gasteiger partial charge < -0.3 is 11.1 Å². The van der Waals surface area contributed by atoms with E-state index in [1.54, 1.807) is 0 Å². The Labute approximate surface area is 67.3 Å². The minimum atomic E-state index is 0.155. The summed E-state index contributed by atoms with van der Waals surface area (Å²) in [7, 11) is 0. The van der Waals surface area contributed by atoms with E-state index in [2.05, 4.69) is 5.32 Å². The summed E-state index contributed by atoms with van der Waals surface area (Å²) in [6.45, 7) is 1.49. The van der Waals surface area contributed by atoms with Crippen LogP contribution in [0.25, 0.3) is 0 Å². The fourth-order valence-corrected chi connectivity index (χ4v) is 0.931. The molecule has 1 aliphatic rings. The molecule has 0 spiro atoms. The first kappa shape index (κ1) is 8.53. The number of rotatable bonds is 5. The molecule has 1 fully saturated rings. The lowest BCUT2D eigenvalue weighted by atomic mass is 10.3. The first-order chi connectivity index (χ1) is 5.33. The largest absolute Gasteiger partial charge is 0.356 e. The van der Waals surface area contributed by atoms with E-state index in [1.807, 2.05) is 0 Å². The molecule has 1 rings (SSSR count). The highest BCUT2D eigenvalue weighted by molar-refractivity contribution is 5.75. The Morgan fingerprint density at radius 3 is 2.82 bits per heavy atom. The molecule has 0 aromatic heterocycles. The smallest absolute Gasteiger partial charge is 0.220 e. The second-order valence-electron chi connectivity index (χ2n) is 3.14. The number of nitrogens with two attached hydrogens (primary N) is 1. The second kappa shape index (κ2) is 4.34. The molecule has 0 aromatic rings. The molecular weight excluding hydrogens is 140 g/mol. The molecule has 11 heavy (non-hydrogen) atoms. The zero-order valence-electron chi connectivity index (χ0n) is 6.81. The van der Waals surface area contributed by atoms with Gasteiger partial charge in [0.25, 0.3) is 0 Å². The SMILES string of the molecule is NCCCC(=O)NCC1CC1. The third-order valence-electron chi connectivity index (χ3n) is 1.89. The van der Waals surface area contributed by atoms with Gasteiger partial charge in [-0.1, -0.05) is 0 Å². The molecule has 0 aliphatic heterocycles. The average molecular weight is 156 g/mol. The molecule has 0 bridgehead atoms. The Morgan fingerprint density at radius 2 is 2.27 bits per heavy atom. The molecule has 0 radical (unpaired) electrons. The first-order valence-corrected chi connectivity index (χ1v) is 4.29. The highest BCUT2D eigenvalue weighted by atomic mass is 16.1. The highest BCUT2D eigenvalue weighted by Crippen LogP contribution is 2.27. The summed E-state index contributed by atoms with van der Waals surface area (Å²) in [5.41, 5.74) is 5.27. The lowest BCUT2D eigenvalue weighted by Gasteiger charge is -2.01. The molecule has 3 nitrogen and oxygen atoms in total. The van der Waals surface area contributed by atoms with Crippen molar-refractivity contribution in [3.05, 3.63) is 0 Å². The fourth-order valence-electron chi connectivity index (χ4n) is 0.931. The van der Waals surface area contributed by atoms with Gasteiger partial charge in [-0.3, -0.25) is 4.79 Å². The van der Waals surface area contributed by atoms with Crippen LogP contribution in [0.15, 0.2) is 0 Å². The maximum Gasteiger partial charge on any atom is 0.220 e. The van der Waals surface area contributed by atoms with Crippen LogP contribution >= 0.6 is 0 Å². The third kappa shape index (κ3) is 3.98. The van der Waals surface area contributed by atoms with Crippen LogP contribution in [0.3, 0.4) is 0 Å². The van der Waals surface area contributed by atoms with E-state index in [1.165, 1.54) is 12.8 Å². The quantitative estimate of drug-likeness (QED) is 0.599. The number of hydrogen-bond donors (Lipinski definition) is 2. The monoisotopic (exact) mass is 156 g/mol. The Bertz CT molecular complexity index is 132. The van der Waals surface area contributed by atoms with E-state index in [9.17, 15) is 4.79 Å². The summed E-state index contributed by atoms with van der Waals surface area (Å²) < 4.78 is 0. The van der Waals surface area contributed by atoms with Crippen LogP contribution in [0.2, 0.25) is 0 Å². The second-order valence-corrected chi connectivity index (χ2v) is 3.14. The standard InChI is InChI=1S/C8H16N2O/c9-5-1-2-8(11)10-6-7-3-4-7/h7H,1-6,9H2,(H,10,11). The molecule has 0 aromatic carbocycles. The Balaban J connectivity index is 1.91. The van der Waals surface area contributed by atoms with Crippen LogP contribution in [0.4, 0.5) is 0 Å². The van der Waals surface area contributed by atoms with Gasteiger partial charge in [0.05, 0.1) is 0 Å². The number of nitrogens with one attached hydrogen (secondary N) is 1. The normalized spacial score (nSPS) is 16.5. The third-order valence-corrected chi connectivity index (χ3v) is 1.89. The maximum atomic E-state index is 11.0. The van der Waals surface area contributed by atoms with Crippen molar-refractivity contribution in [2.75, 3.05) is 13.1 Å². The Morgan fingerprint density at radius 1 is 1.55 bits per heavy atom. The zero-order chi connectivity index (χ0) is 8.10. The van der Waals surface area contributed by atoms with Crippen LogP contribution in [0.5, 0.6) is 0 Å². The molecule has 0 heterocycles. The van der Waals surface area contributed by atoms with Gasteiger partial charge in [-0.2, -0.15) is 0 Å². The van der Waals surface area contributed by atoms with Gasteiger partial charge in [0.15, 0.2) is 0 Å². The number of carbonyl (C=O) groups excluding carboxylic acids is 1. The van der Waals surface area contributed by atoms with Crippen molar-refractivity contribution in [2.24, 2.45) is 11.7 Å². The van der Waals surface area contributed by atoms with Gasteiger partial charge in [0.2, 0.25) is 5.91 Å². The number of hydrogen-bond acceptors (Lipinski definition) is 2. The summed E-state index contributed by atoms with van der Waals surface area (Å²) in [6, 6.07) is 0. The van der Waals surface area contributed by atoms with Crippen molar-refractivity contribution < 1.29 is 4.79 Å². The van der Waals surface area contributed by atoms with E-state index < -0.39 is 0 Å². The topological polar surface area (TPSA) is 55.1 Å². The van der Waals surface area contributed by atoms with Gasteiger partial charge in [-0.05, 0) is 31.7 Å². The summed E-state index contributed by atoms with van der Waals surface area (Å²) in [5.74, 6) is 0.930. The van der Waals surface area contributed by atoms with Crippen molar-refractivity contribution in [1.82, 2.24) is 5.32 Å². The van der Waals surface area contributed by atoms with Crippen LogP contribution in [0.1, 0.15) is 25.7 Å². The molecule has 64 valence electrons. The van der Waals surface area contributed by atoms with E-state index in [4.69, 9.17) is 5.73 Å².